The van der Waals surface area contributed by atoms with Gasteiger partial charge in [0, 0.05) is 28.2 Å². The number of halogens is 3. The Balaban J connectivity index is 2.04. The molecular weight excluding hydrogens is 593 g/mol. The van der Waals surface area contributed by atoms with Crippen LogP contribution >= 0.6 is 34.8 Å². The number of benzene rings is 3. The maximum atomic E-state index is 14.0. The summed E-state index contributed by atoms with van der Waals surface area (Å²) >= 11 is 18.8. The molecule has 0 radical (unpaired) electrons. The Kier molecular flexibility index (Phi) is 11.3. The summed E-state index contributed by atoms with van der Waals surface area (Å²) in [6, 6.07) is 16.7. The molecule has 3 rings (SSSR count). The van der Waals surface area contributed by atoms with Gasteiger partial charge < -0.3 is 10.2 Å². The fourth-order valence-electron chi connectivity index (χ4n) is 3.98. The van der Waals surface area contributed by atoms with Crippen LogP contribution in [0.4, 0.5) is 5.69 Å². The molecule has 0 aliphatic heterocycles. The Hall–Kier alpha value is -2.78. The number of nitrogens with zero attached hydrogens (tertiary/aromatic N) is 2. The van der Waals surface area contributed by atoms with Crippen molar-refractivity contribution in [1.82, 2.24) is 10.2 Å². The molecule has 1 atom stereocenters. The van der Waals surface area contributed by atoms with Crippen LogP contribution in [0.5, 0.6) is 0 Å². The van der Waals surface area contributed by atoms with Crippen molar-refractivity contribution in [3.63, 3.8) is 0 Å². The number of hydrogen-bond acceptors (Lipinski definition) is 4. The first kappa shape index (κ1) is 31.7. The minimum Gasteiger partial charge on any atom is -0.354 e. The van der Waals surface area contributed by atoms with Crippen LogP contribution in [0.15, 0.2) is 71.6 Å². The normalized spacial score (nSPS) is 12.1. The largest absolute Gasteiger partial charge is 0.354 e. The topological polar surface area (TPSA) is 86.8 Å². The monoisotopic (exact) mass is 623 g/mol. The molecule has 0 saturated carbocycles. The molecule has 0 aromatic heterocycles. The van der Waals surface area contributed by atoms with Gasteiger partial charge in [0.15, 0.2) is 0 Å². The van der Waals surface area contributed by atoms with Crippen LogP contribution in [0.2, 0.25) is 15.1 Å². The van der Waals surface area contributed by atoms with Gasteiger partial charge >= 0.3 is 0 Å². The van der Waals surface area contributed by atoms with Crippen LogP contribution in [0.25, 0.3) is 0 Å². The number of aryl methyl sites for hydroxylation is 1. The first-order chi connectivity index (χ1) is 18.9. The molecule has 1 unspecified atom stereocenters. The molecule has 214 valence electrons. The number of carbonyl (C=O) groups is 2. The molecule has 0 bridgehead atoms. The third-order valence-corrected chi connectivity index (χ3v) is 8.91. The van der Waals surface area contributed by atoms with E-state index in [0.29, 0.717) is 17.1 Å². The summed E-state index contributed by atoms with van der Waals surface area (Å²) in [4.78, 5) is 28.3. The highest BCUT2D eigenvalue weighted by Gasteiger charge is 2.33. The highest BCUT2D eigenvalue weighted by atomic mass is 35.5. The van der Waals surface area contributed by atoms with E-state index in [1.54, 1.807) is 43.3 Å². The average Bonchev–Trinajstić information content (AvgIpc) is 2.90. The van der Waals surface area contributed by atoms with Gasteiger partial charge in [-0.25, -0.2) is 8.42 Å². The van der Waals surface area contributed by atoms with E-state index in [0.717, 1.165) is 22.7 Å². The molecule has 0 aliphatic carbocycles. The molecule has 7 nitrogen and oxygen atoms in total. The number of unbranched alkanes of at least 4 members (excludes halogenated alkanes) is 1. The van der Waals surface area contributed by atoms with Crippen LogP contribution in [0.3, 0.4) is 0 Å². The van der Waals surface area contributed by atoms with Gasteiger partial charge in [-0.05, 0) is 62.2 Å². The molecule has 3 aromatic carbocycles. The molecule has 2 amide bonds. The van der Waals surface area contributed by atoms with Gasteiger partial charge in [0.2, 0.25) is 11.8 Å². The summed E-state index contributed by atoms with van der Waals surface area (Å²) in [5.41, 5.74) is 1.61. The summed E-state index contributed by atoms with van der Waals surface area (Å²) in [7, 11) is -4.24. The van der Waals surface area contributed by atoms with Crippen LogP contribution < -0.4 is 9.62 Å². The Morgan fingerprint density at radius 1 is 0.950 bits per heavy atom. The molecule has 0 heterocycles. The SMILES string of the molecule is CCCCNC(=O)C(C)N(Cc1ccccc1Cl)C(=O)CN(c1cc(Cl)cc(Cl)c1)S(=O)(=O)c1ccc(C)cc1. The number of rotatable bonds is 12. The Labute approximate surface area is 251 Å². The maximum absolute atomic E-state index is 14.0. The van der Waals surface area contributed by atoms with E-state index < -0.39 is 28.5 Å². The van der Waals surface area contributed by atoms with Crippen molar-refractivity contribution >= 4 is 62.3 Å². The third kappa shape index (κ3) is 8.13. The van der Waals surface area contributed by atoms with Gasteiger partial charge in [0.05, 0.1) is 10.6 Å². The van der Waals surface area contributed by atoms with Crippen molar-refractivity contribution in [2.24, 2.45) is 0 Å². The lowest BCUT2D eigenvalue weighted by Gasteiger charge is -2.32. The van der Waals surface area contributed by atoms with Gasteiger partial charge in [0.1, 0.15) is 12.6 Å². The summed E-state index contributed by atoms with van der Waals surface area (Å²) in [5, 5.41) is 3.68. The fraction of sp³-hybridized carbons (Fsp3) is 0.310. The quantitative estimate of drug-likeness (QED) is 0.234. The first-order valence-electron chi connectivity index (χ1n) is 12.8. The van der Waals surface area contributed by atoms with E-state index >= 15 is 0 Å². The molecule has 3 aromatic rings. The van der Waals surface area contributed by atoms with E-state index in [4.69, 9.17) is 34.8 Å². The zero-order chi connectivity index (χ0) is 29.4. The van der Waals surface area contributed by atoms with Crippen LogP contribution in [0, 0.1) is 6.92 Å². The lowest BCUT2D eigenvalue weighted by atomic mass is 10.1. The minimum absolute atomic E-state index is 0.00437. The van der Waals surface area contributed by atoms with Crippen molar-refractivity contribution in [3.8, 4) is 0 Å². The van der Waals surface area contributed by atoms with Crippen LogP contribution in [0.1, 0.15) is 37.8 Å². The standard InChI is InChI=1S/C29H32Cl3N3O4S/c1-4-5-14-33-29(37)21(3)34(18-22-8-6-7-9-27(22)32)28(36)19-35(25-16-23(30)15-24(31)17-25)40(38,39)26-12-10-20(2)11-13-26/h6-13,15-17,21H,4-5,14,18-19H2,1-3H3,(H,33,37). The van der Waals surface area contributed by atoms with Gasteiger partial charge in [-0.1, -0.05) is 84.0 Å². The van der Waals surface area contributed by atoms with Crippen LogP contribution in [-0.2, 0) is 26.2 Å². The van der Waals surface area contributed by atoms with E-state index in [9.17, 15) is 18.0 Å². The fourth-order valence-corrected chi connectivity index (χ4v) is 6.09. The van der Waals surface area contributed by atoms with Gasteiger partial charge in [0.25, 0.3) is 10.0 Å². The van der Waals surface area contributed by atoms with Crippen molar-refractivity contribution < 1.29 is 18.0 Å². The number of hydrogen-bond donors (Lipinski definition) is 1. The number of sulfonamides is 1. The average molecular weight is 625 g/mol. The van der Waals surface area contributed by atoms with E-state index in [-0.39, 0.29) is 33.1 Å². The highest BCUT2D eigenvalue weighted by Crippen LogP contribution is 2.30. The Morgan fingerprint density at radius 3 is 2.17 bits per heavy atom. The Morgan fingerprint density at radius 2 is 1.57 bits per heavy atom. The first-order valence-corrected chi connectivity index (χ1v) is 15.4. The lowest BCUT2D eigenvalue weighted by Crippen LogP contribution is -2.51. The predicted octanol–water partition coefficient (Wildman–Crippen LogP) is 6.48. The second-order valence-electron chi connectivity index (χ2n) is 9.39. The summed E-state index contributed by atoms with van der Waals surface area (Å²) in [6.45, 7) is 5.30. The number of anilines is 1. The molecular formula is C29H32Cl3N3O4S. The highest BCUT2D eigenvalue weighted by molar-refractivity contribution is 7.92. The van der Waals surface area contributed by atoms with Gasteiger partial charge in [-0.15, -0.1) is 0 Å². The second-order valence-corrected chi connectivity index (χ2v) is 12.5. The zero-order valence-electron chi connectivity index (χ0n) is 22.5. The van der Waals surface area contributed by atoms with Gasteiger partial charge in [-0.3, -0.25) is 13.9 Å². The molecule has 0 fully saturated rings. The van der Waals surface area contributed by atoms with Crippen molar-refractivity contribution in [3.05, 3.63) is 92.9 Å². The number of carbonyl (C=O) groups excluding carboxylic acids is 2. The van der Waals surface area contributed by atoms with Crippen molar-refractivity contribution in [2.45, 2.75) is 51.1 Å². The van der Waals surface area contributed by atoms with E-state index in [2.05, 4.69) is 5.32 Å². The van der Waals surface area contributed by atoms with E-state index in [1.807, 2.05) is 13.8 Å². The predicted molar refractivity (Wildman–Crippen MR) is 162 cm³/mol. The van der Waals surface area contributed by atoms with E-state index in [1.165, 1.54) is 35.2 Å². The molecule has 40 heavy (non-hydrogen) atoms. The Bertz CT molecular complexity index is 1430. The zero-order valence-corrected chi connectivity index (χ0v) is 25.6. The van der Waals surface area contributed by atoms with Crippen molar-refractivity contribution in [1.29, 1.82) is 0 Å². The van der Waals surface area contributed by atoms with Gasteiger partial charge in [-0.2, -0.15) is 0 Å². The molecule has 11 heteroatoms. The number of nitrogens with one attached hydrogen (secondary N) is 1. The third-order valence-electron chi connectivity index (χ3n) is 6.32. The maximum Gasteiger partial charge on any atom is 0.264 e. The summed E-state index contributed by atoms with van der Waals surface area (Å²) < 4.78 is 28.7. The lowest BCUT2D eigenvalue weighted by molar-refractivity contribution is -0.139. The number of amides is 2. The van der Waals surface area contributed by atoms with Crippen molar-refractivity contribution in [2.75, 3.05) is 17.4 Å². The second kappa shape index (κ2) is 14.2. The summed E-state index contributed by atoms with van der Waals surface area (Å²) in [6.07, 6.45) is 1.68. The molecule has 0 aliphatic rings. The molecule has 0 saturated heterocycles. The molecule has 0 spiro atoms. The van der Waals surface area contributed by atoms with Crippen LogP contribution in [-0.4, -0.2) is 44.3 Å². The minimum atomic E-state index is -4.24. The molecule has 1 N–H and O–H groups in total. The smallest absolute Gasteiger partial charge is 0.264 e. The summed E-state index contributed by atoms with van der Waals surface area (Å²) in [5.74, 6) is -0.961.